The Hall–Kier alpha value is -1.26. The number of carbonyl (C=O) groups is 2. The number of nitrogens with one attached hydrogen (secondary N) is 1. The van der Waals surface area contributed by atoms with Gasteiger partial charge in [0.05, 0.1) is 0 Å². The zero-order valence-electron chi connectivity index (χ0n) is 12.9. The number of amides is 2. The molecule has 2 fully saturated rings. The quantitative estimate of drug-likeness (QED) is 0.710. The first-order valence-corrected chi connectivity index (χ1v) is 8.39. The zero-order chi connectivity index (χ0) is 15.1. The van der Waals surface area contributed by atoms with Crippen LogP contribution in [-0.4, -0.2) is 41.6 Å². The summed E-state index contributed by atoms with van der Waals surface area (Å²) in [6.45, 7) is 2.24. The Kier molecular flexibility index (Phi) is 6.33. The van der Waals surface area contributed by atoms with Gasteiger partial charge in [-0.15, -0.1) is 0 Å². The van der Waals surface area contributed by atoms with Crippen LogP contribution in [-0.2, 0) is 4.79 Å². The van der Waals surface area contributed by atoms with Crippen LogP contribution in [0.4, 0.5) is 4.79 Å². The maximum absolute atomic E-state index is 12.0. The normalized spacial score (nSPS) is 22.7. The molecular formula is C16H28N2O3. The van der Waals surface area contributed by atoms with Crippen LogP contribution >= 0.6 is 0 Å². The van der Waals surface area contributed by atoms with Crippen molar-refractivity contribution >= 4 is 12.0 Å². The minimum atomic E-state index is -0.746. The second-order valence-electron chi connectivity index (χ2n) is 6.56. The molecule has 1 aliphatic heterocycles. The molecular weight excluding hydrogens is 268 g/mol. The number of hydrogen-bond acceptors (Lipinski definition) is 2. The fourth-order valence-corrected chi connectivity index (χ4v) is 3.58. The highest BCUT2D eigenvalue weighted by Gasteiger charge is 2.26. The van der Waals surface area contributed by atoms with Crippen molar-refractivity contribution in [3.8, 4) is 0 Å². The Balaban J connectivity index is 1.55. The van der Waals surface area contributed by atoms with Gasteiger partial charge in [0.1, 0.15) is 0 Å². The maximum Gasteiger partial charge on any atom is 0.317 e. The predicted octanol–water partition coefficient (Wildman–Crippen LogP) is 2.85. The van der Waals surface area contributed by atoms with Crippen LogP contribution in [0.1, 0.15) is 57.8 Å². The molecule has 1 unspecified atom stereocenters. The zero-order valence-corrected chi connectivity index (χ0v) is 12.9. The molecule has 5 heteroatoms. The largest absolute Gasteiger partial charge is 0.481 e. The van der Waals surface area contributed by atoms with Crippen LogP contribution in [0.15, 0.2) is 0 Å². The van der Waals surface area contributed by atoms with Gasteiger partial charge >= 0.3 is 12.0 Å². The summed E-state index contributed by atoms with van der Waals surface area (Å²) in [5.74, 6) is 0.490. The molecule has 5 nitrogen and oxygen atoms in total. The minimum absolute atomic E-state index is 0.0271. The summed E-state index contributed by atoms with van der Waals surface area (Å²) in [5, 5.41) is 11.7. The van der Waals surface area contributed by atoms with Crippen molar-refractivity contribution in [2.45, 2.75) is 57.8 Å². The van der Waals surface area contributed by atoms with E-state index in [0.717, 1.165) is 31.8 Å². The predicted molar refractivity (Wildman–Crippen MR) is 81.1 cm³/mol. The summed E-state index contributed by atoms with van der Waals surface area (Å²) in [6.07, 6.45) is 9.63. The highest BCUT2D eigenvalue weighted by molar-refractivity contribution is 5.74. The fourth-order valence-electron chi connectivity index (χ4n) is 3.58. The first kappa shape index (κ1) is 16.1. The van der Waals surface area contributed by atoms with Gasteiger partial charge in [0, 0.05) is 26.1 Å². The number of rotatable bonds is 7. The van der Waals surface area contributed by atoms with Gasteiger partial charge in [-0.3, -0.25) is 4.79 Å². The molecule has 1 saturated heterocycles. The van der Waals surface area contributed by atoms with E-state index in [1.54, 1.807) is 0 Å². The third kappa shape index (κ3) is 5.56. The van der Waals surface area contributed by atoms with Crippen LogP contribution in [0.5, 0.6) is 0 Å². The van der Waals surface area contributed by atoms with E-state index < -0.39 is 5.97 Å². The van der Waals surface area contributed by atoms with E-state index in [-0.39, 0.29) is 12.5 Å². The Labute approximate surface area is 127 Å². The number of likely N-dealkylation sites (tertiary alicyclic amines) is 1. The molecule has 1 heterocycles. The molecule has 2 amide bonds. The molecule has 2 N–H and O–H groups in total. The van der Waals surface area contributed by atoms with Gasteiger partial charge in [0.2, 0.25) is 0 Å². The average molecular weight is 296 g/mol. The Bertz CT molecular complexity index is 353. The number of nitrogens with zero attached hydrogens (tertiary/aromatic N) is 1. The molecule has 0 spiro atoms. The van der Waals surface area contributed by atoms with Crippen LogP contribution in [0.25, 0.3) is 0 Å². The number of carboxylic acid groups (broad SMARTS) is 1. The van der Waals surface area contributed by atoms with Gasteiger partial charge in [-0.05, 0) is 37.5 Å². The standard InChI is InChI=1S/C16H28N2O3/c19-15(20)8-7-14-9-11-18(12-14)16(21)17-10-3-6-13-4-1-2-5-13/h13-14H,1-12H2,(H,17,21)(H,19,20). The SMILES string of the molecule is O=C(O)CCC1CCN(C(=O)NCCCC2CCCC2)C1. The van der Waals surface area contributed by atoms with Crippen molar-refractivity contribution in [1.29, 1.82) is 0 Å². The highest BCUT2D eigenvalue weighted by Crippen LogP contribution is 2.28. The molecule has 0 aromatic carbocycles. The lowest BCUT2D eigenvalue weighted by Gasteiger charge is -2.17. The highest BCUT2D eigenvalue weighted by atomic mass is 16.4. The number of carboxylic acids is 1. The van der Waals surface area contributed by atoms with E-state index in [0.29, 0.717) is 18.9 Å². The molecule has 1 saturated carbocycles. The monoisotopic (exact) mass is 296 g/mol. The molecule has 0 aromatic heterocycles. The van der Waals surface area contributed by atoms with E-state index in [2.05, 4.69) is 5.32 Å². The summed E-state index contributed by atoms with van der Waals surface area (Å²) in [6, 6.07) is 0.0271. The minimum Gasteiger partial charge on any atom is -0.481 e. The molecule has 0 radical (unpaired) electrons. The second kappa shape index (κ2) is 8.25. The Morgan fingerprint density at radius 2 is 1.86 bits per heavy atom. The van der Waals surface area contributed by atoms with Crippen LogP contribution in [0, 0.1) is 11.8 Å². The maximum atomic E-state index is 12.0. The molecule has 21 heavy (non-hydrogen) atoms. The van der Waals surface area contributed by atoms with Crippen molar-refractivity contribution in [2.75, 3.05) is 19.6 Å². The summed E-state index contributed by atoms with van der Waals surface area (Å²) >= 11 is 0. The van der Waals surface area contributed by atoms with Crippen molar-refractivity contribution in [2.24, 2.45) is 11.8 Å². The number of carbonyl (C=O) groups excluding carboxylic acids is 1. The van der Waals surface area contributed by atoms with Gasteiger partial charge in [-0.1, -0.05) is 25.7 Å². The third-order valence-corrected chi connectivity index (χ3v) is 4.88. The third-order valence-electron chi connectivity index (χ3n) is 4.88. The van der Waals surface area contributed by atoms with Crippen molar-refractivity contribution < 1.29 is 14.7 Å². The lowest BCUT2D eigenvalue weighted by molar-refractivity contribution is -0.137. The Morgan fingerprint density at radius 3 is 2.57 bits per heavy atom. The van der Waals surface area contributed by atoms with Crippen molar-refractivity contribution in [1.82, 2.24) is 10.2 Å². The molecule has 120 valence electrons. The summed E-state index contributed by atoms with van der Waals surface area (Å²) < 4.78 is 0. The lowest BCUT2D eigenvalue weighted by Crippen LogP contribution is -2.39. The van der Waals surface area contributed by atoms with E-state index in [1.807, 2.05) is 4.90 Å². The van der Waals surface area contributed by atoms with Gasteiger partial charge < -0.3 is 15.3 Å². The number of aliphatic carboxylic acids is 1. The Morgan fingerprint density at radius 1 is 1.10 bits per heavy atom. The smallest absolute Gasteiger partial charge is 0.317 e. The molecule has 1 atom stereocenters. The first-order chi connectivity index (χ1) is 10.1. The van der Waals surface area contributed by atoms with Crippen molar-refractivity contribution in [3.05, 3.63) is 0 Å². The fraction of sp³-hybridized carbons (Fsp3) is 0.875. The topological polar surface area (TPSA) is 69.6 Å². The summed E-state index contributed by atoms with van der Waals surface area (Å²) in [4.78, 5) is 24.4. The van der Waals surface area contributed by atoms with Crippen LogP contribution < -0.4 is 5.32 Å². The van der Waals surface area contributed by atoms with Gasteiger partial charge in [0.15, 0.2) is 0 Å². The van der Waals surface area contributed by atoms with E-state index in [1.165, 1.54) is 32.1 Å². The summed E-state index contributed by atoms with van der Waals surface area (Å²) in [7, 11) is 0. The molecule has 2 rings (SSSR count). The van der Waals surface area contributed by atoms with Crippen LogP contribution in [0.3, 0.4) is 0 Å². The van der Waals surface area contributed by atoms with Crippen molar-refractivity contribution in [3.63, 3.8) is 0 Å². The van der Waals surface area contributed by atoms with Gasteiger partial charge in [-0.2, -0.15) is 0 Å². The van der Waals surface area contributed by atoms with E-state index >= 15 is 0 Å². The van der Waals surface area contributed by atoms with E-state index in [9.17, 15) is 9.59 Å². The van der Waals surface area contributed by atoms with Crippen LogP contribution in [0.2, 0.25) is 0 Å². The average Bonchev–Trinajstić information content (AvgIpc) is 3.12. The van der Waals surface area contributed by atoms with Gasteiger partial charge in [-0.25, -0.2) is 4.79 Å². The van der Waals surface area contributed by atoms with Gasteiger partial charge in [0.25, 0.3) is 0 Å². The molecule has 0 bridgehead atoms. The second-order valence-corrected chi connectivity index (χ2v) is 6.56. The first-order valence-electron chi connectivity index (χ1n) is 8.39. The molecule has 2 aliphatic rings. The van der Waals surface area contributed by atoms with E-state index in [4.69, 9.17) is 5.11 Å². The number of hydrogen-bond donors (Lipinski definition) is 2. The number of urea groups is 1. The summed E-state index contributed by atoms with van der Waals surface area (Å²) in [5.41, 5.74) is 0. The molecule has 0 aromatic rings. The molecule has 1 aliphatic carbocycles. The lowest BCUT2D eigenvalue weighted by atomic mass is 10.0.